The first kappa shape index (κ1) is 19.6. The highest BCUT2D eigenvalue weighted by Crippen LogP contribution is 2.26. The Kier molecular flexibility index (Phi) is 6.46. The fourth-order valence-electron chi connectivity index (χ4n) is 2.36. The zero-order valence-electron chi connectivity index (χ0n) is 15.0. The fraction of sp³-hybridized carbons (Fsp3) is 0.278. The van der Waals surface area contributed by atoms with Gasteiger partial charge in [0.05, 0.1) is 17.7 Å². The Balaban J connectivity index is 2.15. The molecule has 0 aromatic heterocycles. The van der Waals surface area contributed by atoms with Gasteiger partial charge in [-0.1, -0.05) is 12.1 Å². The molecular weight excluding hydrogens is 354 g/mol. The third kappa shape index (κ3) is 4.66. The van der Waals surface area contributed by atoms with Crippen molar-refractivity contribution in [3.05, 3.63) is 48.5 Å². The molecular formula is C18H23N3O4S. The van der Waals surface area contributed by atoms with Gasteiger partial charge < -0.3 is 15.0 Å². The van der Waals surface area contributed by atoms with E-state index in [1.54, 1.807) is 41.3 Å². The molecule has 0 heterocycles. The van der Waals surface area contributed by atoms with Crippen molar-refractivity contribution in [1.82, 2.24) is 4.90 Å². The molecule has 8 heteroatoms. The zero-order chi connectivity index (χ0) is 19.2. The minimum absolute atomic E-state index is 0.0873. The molecule has 0 bridgehead atoms. The van der Waals surface area contributed by atoms with Crippen LogP contribution in [-0.4, -0.2) is 39.5 Å². The molecule has 0 aliphatic rings. The van der Waals surface area contributed by atoms with E-state index in [0.717, 1.165) is 0 Å². The minimum atomic E-state index is -3.77. The average Bonchev–Trinajstić information content (AvgIpc) is 2.63. The van der Waals surface area contributed by atoms with E-state index < -0.39 is 10.0 Å². The van der Waals surface area contributed by atoms with Crippen LogP contribution >= 0.6 is 0 Å². The monoisotopic (exact) mass is 377 g/mol. The summed E-state index contributed by atoms with van der Waals surface area (Å²) in [6.45, 7) is 4.97. The molecule has 2 N–H and O–H groups in total. The van der Waals surface area contributed by atoms with E-state index in [2.05, 4.69) is 10.0 Å². The molecule has 0 aliphatic heterocycles. The highest BCUT2D eigenvalue weighted by atomic mass is 32.2. The molecule has 0 unspecified atom stereocenters. The van der Waals surface area contributed by atoms with Gasteiger partial charge >= 0.3 is 6.03 Å². The second-order valence-corrected chi connectivity index (χ2v) is 7.12. The molecule has 7 nitrogen and oxygen atoms in total. The zero-order valence-corrected chi connectivity index (χ0v) is 15.8. The average molecular weight is 377 g/mol. The van der Waals surface area contributed by atoms with E-state index in [0.29, 0.717) is 30.2 Å². The summed E-state index contributed by atoms with van der Waals surface area (Å²) >= 11 is 0. The molecule has 0 fully saturated rings. The van der Waals surface area contributed by atoms with Crippen LogP contribution in [0.3, 0.4) is 0 Å². The molecule has 0 atom stereocenters. The number of carbonyl (C=O) groups is 1. The number of nitrogens with one attached hydrogen (secondary N) is 2. The van der Waals surface area contributed by atoms with E-state index in [1.165, 1.54) is 19.2 Å². The van der Waals surface area contributed by atoms with E-state index in [1.807, 2.05) is 13.8 Å². The maximum Gasteiger partial charge on any atom is 0.321 e. The standard InChI is InChI=1S/C18H23N3O4S/c1-4-21(5-2)18(22)19-14-10-12-15(13-11-14)26(23,24)20-16-8-6-7-9-17(16)25-3/h6-13,20H,4-5H2,1-3H3,(H,19,22). The number of carbonyl (C=O) groups excluding carboxylic acids is 1. The van der Waals surface area contributed by atoms with Crippen LogP contribution in [0.1, 0.15) is 13.8 Å². The SMILES string of the molecule is CCN(CC)C(=O)Nc1ccc(S(=O)(=O)Nc2ccccc2OC)cc1. The predicted molar refractivity (Wildman–Crippen MR) is 102 cm³/mol. The van der Waals surface area contributed by atoms with Crippen molar-refractivity contribution in [3.8, 4) is 5.75 Å². The summed E-state index contributed by atoms with van der Waals surface area (Å²) in [7, 11) is -2.30. The van der Waals surface area contributed by atoms with Crippen LogP contribution in [0.15, 0.2) is 53.4 Å². The number of urea groups is 1. The number of benzene rings is 2. The van der Waals surface area contributed by atoms with Gasteiger partial charge in [0, 0.05) is 18.8 Å². The number of hydrogen-bond donors (Lipinski definition) is 2. The van der Waals surface area contributed by atoms with Gasteiger partial charge in [-0.15, -0.1) is 0 Å². The van der Waals surface area contributed by atoms with Crippen molar-refractivity contribution in [1.29, 1.82) is 0 Å². The van der Waals surface area contributed by atoms with Gasteiger partial charge in [-0.05, 0) is 50.2 Å². The molecule has 0 radical (unpaired) electrons. The third-order valence-corrected chi connectivity index (χ3v) is 5.20. The lowest BCUT2D eigenvalue weighted by Gasteiger charge is -2.19. The summed E-state index contributed by atoms with van der Waals surface area (Å²) in [6.07, 6.45) is 0. The van der Waals surface area contributed by atoms with Gasteiger partial charge in [-0.25, -0.2) is 13.2 Å². The summed E-state index contributed by atoms with van der Waals surface area (Å²) in [4.78, 5) is 13.8. The largest absolute Gasteiger partial charge is 0.495 e. The molecule has 2 rings (SSSR count). The van der Waals surface area contributed by atoms with Crippen molar-refractivity contribution >= 4 is 27.4 Å². The smallest absolute Gasteiger partial charge is 0.321 e. The summed E-state index contributed by atoms with van der Waals surface area (Å²) in [5.41, 5.74) is 0.882. The quantitative estimate of drug-likeness (QED) is 0.774. The van der Waals surface area contributed by atoms with Gasteiger partial charge in [0.15, 0.2) is 0 Å². The lowest BCUT2D eigenvalue weighted by molar-refractivity contribution is 0.217. The Bertz CT molecular complexity index is 847. The number of nitrogens with zero attached hydrogens (tertiary/aromatic N) is 1. The lowest BCUT2D eigenvalue weighted by atomic mass is 10.3. The summed E-state index contributed by atoms with van der Waals surface area (Å²) in [5.74, 6) is 0.430. The first-order valence-corrected chi connectivity index (χ1v) is 9.71. The second-order valence-electron chi connectivity index (χ2n) is 5.43. The van der Waals surface area contributed by atoms with Crippen LogP contribution < -0.4 is 14.8 Å². The number of hydrogen-bond acceptors (Lipinski definition) is 4. The third-order valence-electron chi connectivity index (χ3n) is 3.82. The number of amides is 2. The van der Waals surface area contributed by atoms with E-state index in [-0.39, 0.29) is 10.9 Å². The topological polar surface area (TPSA) is 87.7 Å². The van der Waals surface area contributed by atoms with Crippen molar-refractivity contribution in [2.24, 2.45) is 0 Å². The van der Waals surface area contributed by atoms with E-state index >= 15 is 0 Å². The van der Waals surface area contributed by atoms with Crippen LogP contribution in [0.2, 0.25) is 0 Å². The molecule has 2 amide bonds. The highest BCUT2D eigenvalue weighted by molar-refractivity contribution is 7.92. The first-order chi connectivity index (χ1) is 12.4. The number of ether oxygens (including phenoxy) is 1. The maximum atomic E-state index is 12.5. The fourth-order valence-corrected chi connectivity index (χ4v) is 3.43. The van der Waals surface area contributed by atoms with Gasteiger partial charge in [0.2, 0.25) is 0 Å². The lowest BCUT2D eigenvalue weighted by Crippen LogP contribution is -2.34. The predicted octanol–water partition coefficient (Wildman–Crippen LogP) is 3.37. The van der Waals surface area contributed by atoms with Gasteiger partial charge in [-0.3, -0.25) is 4.72 Å². The Labute approximate surface area is 154 Å². The summed E-state index contributed by atoms with van der Waals surface area (Å²) < 4.78 is 32.7. The van der Waals surface area contributed by atoms with Crippen molar-refractivity contribution in [2.45, 2.75) is 18.7 Å². The Morgan fingerprint density at radius 1 is 1.04 bits per heavy atom. The highest BCUT2D eigenvalue weighted by Gasteiger charge is 2.17. The number of rotatable bonds is 7. The molecule has 0 aliphatic carbocycles. The molecule has 2 aromatic rings. The van der Waals surface area contributed by atoms with Crippen LogP contribution in [0.5, 0.6) is 5.75 Å². The minimum Gasteiger partial charge on any atom is -0.495 e. The molecule has 0 spiro atoms. The maximum absolute atomic E-state index is 12.5. The molecule has 0 saturated heterocycles. The second kappa shape index (κ2) is 8.57. The van der Waals surface area contributed by atoms with Gasteiger partial charge in [0.25, 0.3) is 10.0 Å². The van der Waals surface area contributed by atoms with Crippen molar-refractivity contribution in [3.63, 3.8) is 0 Å². The molecule has 0 saturated carbocycles. The number of para-hydroxylation sites is 2. The first-order valence-electron chi connectivity index (χ1n) is 8.23. The number of anilines is 2. The Morgan fingerprint density at radius 2 is 1.65 bits per heavy atom. The van der Waals surface area contributed by atoms with Crippen LogP contribution in [0, 0.1) is 0 Å². The summed E-state index contributed by atoms with van der Waals surface area (Å²) in [6, 6.07) is 12.5. The van der Waals surface area contributed by atoms with Crippen LogP contribution in [0.4, 0.5) is 16.2 Å². The Hall–Kier alpha value is -2.74. The number of methoxy groups -OCH3 is 1. The van der Waals surface area contributed by atoms with Gasteiger partial charge in [-0.2, -0.15) is 0 Å². The van der Waals surface area contributed by atoms with E-state index in [4.69, 9.17) is 4.74 Å². The molecule has 2 aromatic carbocycles. The van der Waals surface area contributed by atoms with Crippen LogP contribution in [0.25, 0.3) is 0 Å². The van der Waals surface area contributed by atoms with Crippen LogP contribution in [-0.2, 0) is 10.0 Å². The summed E-state index contributed by atoms with van der Waals surface area (Å²) in [5, 5.41) is 2.74. The van der Waals surface area contributed by atoms with Crippen molar-refractivity contribution < 1.29 is 17.9 Å². The molecule has 26 heavy (non-hydrogen) atoms. The molecule has 140 valence electrons. The Morgan fingerprint density at radius 3 is 2.23 bits per heavy atom. The normalized spacial score (nSPS) is 10.9. The number of sulfonamides is 1. The van der Waals surface area contributed by atoms with Gasteiger partial charge in [0.1, 0.15) is 5.75 Å². The van der Waals surface area contributed by atoms with E-state index in [9.17, 15) is 13.2 Å². The van der Waals surface area contributed by atoms with Crippen molar-refractivity contribution in [2.75, 3.05) is 30.2 Å².